The fourth-order valence-electron chi connectivity index (χ4n) is 2.35. The number of nitrogens with zero attached hydrogens (tertiary/aromatic N) is 2. The first-order chi connectivity index (χ1) is 12.0. The molecule has 0 saturated carbocycles. The minimum Gasteiger partial charge on any atom is -0.264 e. The summed E-state index contributed by atoms with van der Waals surface area (Å²) in [6, 6.07) is 7.39. The third-order valence-corrected chi connectivity index (χ3v) is 6.12. The zero-order valence-corrected chi connectivity index (χ0v) is 15.1. The van der Waals surface area contributed by atoms with E-state index in [1.54, 1.807) is 19.3 Å². The summed E-state index contributed by atoms with van der Waals surface area (Å²) in [6.45, 7) is 1.79. The van der Waals surface area contributed by atoms with E-state index in [-0.39, 0.29) is 11.4 Å². The first-order valence-electron chi connectivity index (χ1n) is 7.56. The summed E-state index contributed by atoms with van der Waals surface area (Å²) in [4.78, 5) is 8.64. The lowest BCUT2D eigenvalue weighted by molar-refractivity contribution is 0.579. The van der Waals surface area contributed by atoms with Crippen LogP contribution in [0.25, 0.3) is 10.6 Å². The zero-order valence-electron chi connectivity index (χ0n) is 13.4. The molecule has 0 amide bonds. The van der Waals surface area contributed by atoms with E-state index < -0.39 is 15.8 Å². The molecular weight excluding hydrogens is 361 g/mol. The minimum atomic E-state index is -3.67. The van der Waals surface area contributed by atoms with Crippen molar-refractivity contribution in [2.75, 3.05) is 6.54 Å². The molecule has 0 saturated heterocycles. The third kappa shape index (κ3) is 4.28. The molecule has 0 bridgehead atoms. The van der Waals surface area contributed by atoms with E-state index in [0.29, 0.717) is 12.0 Å². The Morgan fingerprint density at radius 3 is 2.84 bits per heavy atom. The Kier molecular flexibility index (Phi) is 5.22. The number of nitrogens with one attached hydrogen (secondary N) is 1. The maximum absolute atomic E-state index is 13.1. The van der Waals surface area contributed by atoms with Gasteiger partial charge in [-0.25, -0.2) is 22.5 Å². The molecule has 0 fully saturated rings. The average Bonchev–Trinajstić information content (AvgIpc) is 3.04. The van der Waals surface area contributed by atoms with Gasteiger partial charge in [-0.3, -0.25) is 4.98 Å². The van der Waals surface area contributed by atoms with Crippen LogP contribution in [0.4, 0.5) is 4.39 Å². The van der Waals surface area contributed by atoms with Gasteiger partial charge in [0.05, 0.1) is 10.6 Å². The summed E-state index contributed by atoms with van der Waals surface area (Å²) in [6.07, 6.45) is 3.91. The van der Waals surface area contributed by atoms with Gasteiger partial charge >= 0.3 is 0 Å². The molecule has 0 atom stereocenters. The van der Waals surface area contributed by atoms with Gasteiger partial charge in [0.2, 0.25) is 10.0 Å². The van der Waals surface area contributed by atoms with E-state index in [2.05, 4.69) is 14.7 Å². The SMILES string of the molecule is Cc1cc(F)ccc1S(=O)(=O)NCCc1csc(-c2cccnc2)n1. The van der Waals surface area contributed by atoms with Crippen molar-refractivity contribution in [3.63, 3.8) is 0 Å². The van der Waals surface area contributed by atoms with E-state index in [1.165, 1.54) is 23.5 Å². The van der Waals surface area contributed by atoms with Crippen LogP contribution in [-0.2, 0) is 16.4 Å². The molecule has 0 radical (unpaired) electrons. The van der Waals surface area contributed by atoms with Gasteiger partial charge in [0.15, 0.2) is 0 Å². The quantitative estimate of drug-likeness (QED) is 0.716. The molecule has 0 aliphatic rings. The van der Waals surface area contributed by atoms with Crippen molar-refractivity contribution in [3.8, 4) is 10.6 Å². The number of aromatic nitrogens is 2. The van der Waals surface area contributed by atoms with E-state index in [0.717, 1.165) is 22.3 Å². The van der Waals surface area contributed by atoms with Crippen LogP contribution in [0.2, 0.25) is 0 Å². The standard InChI is InChI=1S/C17H16FN3O2S2/c1-12-9-14(18)4-5-16(12)25(22,23)20-8-6-15-11-24-17(21-15)13-3-2-7-19-10-13/h2-5,7,9-11,20H,6,8H2,1H3. The normalized spacial score (nSPS) is 11.6. The molecule has 0 aliphatic heterocycles. The van der Waals surface area contributed by atoms with Crippen molar-refractivity contribution in [2.45, 2.75) is 18.2 Å². The van der Waals surface area contributed by atoms with Crippen molar-refractivity contribution in [1.82, 2.24) is 14.7 Å². The molecule has 2 heterocycles. The smallest absolute Gasteiger partial charge is 0.240 e. The monoisotopic (exact) mass is 377 g/mol. The van der Waals surface area contributed by atoms with Crippen molar-refractivity contribution < 1.29 is 12.8 Å². The maximum atomic E-state index is 13.1. The number of rotatable bonds is 6. The van der Waals surface area contributed by atoms with E-state index in [4.69, 9.17) is 0 Å². The first kappa shape index (κ1) is 17.7. The van der Waals surface area contributed by atoms with Crippen molar-refractivity contribution in [1.29, 1.82) is 0 Å². The van der Waals surface area contributed by atoms with Gasteiger partial charge in [-0.2, -0.15) is 0 Å². The molecule has 3 aromatic rings. The number of halogens is 1. The fourth-order valence-corrected chi connectivity index (χ4v) is 4.45. The lowest BCUT2D eigenvalue weighted by atomic mass is 10.2. The molecule has 25 heavy (non-hydrogen) atoms. The van der Waals surface area contributed by atoms with Crippen LogP contribution < -0.4 is 4.72 Å². The van der Waals surface area contributed by atoms with E-state index in [9.17, 15) is 12.8 Å². The molecule has 2 aromatic heterocycles. The van der Waals surface area contributed by atoms with Gasteiger partial charge in [0.25, 0.3) is 0 Å². The molecule has 3 rings (SSSR count). The molecule has 130 valence electrons. The number of hydrogen-bond acceptors (Lipinski definition) is 5. The predicted molar refractivity (Wildman–Crippen MR) is 95.4 cm³/mol. The predicted octanol–water partition coefficient (Wildman–Crippen LogP) is 3.17. The van der Waals surface area contributed by atoms with Crippen LogP contribution >= 0.6 is 11.3 Å². The molecule has 1 N–H and O–H groups in total. The Hall–Kier alpha value is -2.16. The van der Waals surface area contributed by atoms with Crippen LogP contribution in [0.15, 0.2) is 53.0 Å². The second kappa shape index (κ2) is 7.38. The Morgan fingerprint density at radius 2 is 2.12 bits per heavy atom. The molecule has 0 spiro atoms. The van der Waals surface area contributed by atoms with Crippen molar-refractivity contribution in [3.05, 3.63) is 65.2 Å². The lowest BCUT2D eigenvalue weighted by Crippen LogP contribution is -2.26. The highest BCUT2D eigenvalue weighted by atomic mass is 32.2. The van der Waals surface area contributed by atoms with E-state index >= 15 is 0 Å². The summed E-state index contributed by atoms with van der Waals surface area (Å²) in [5.41, 5.74) is 2.11. The second-order valence-electron chi connectivity index (χ2n) is 5.44. The fraction of sp³-hybridized carbons (Fsp3) is 0.176. The van der Waals surface area contributed by atoms with Crippen LogP contribution in [-0.4, -0.2) is 24.9 Å². The summed E-state index contributed by atoms with van der Waals surface area (Å²) in [5.74, 6) is -0.457. The first-order valence-corrected chi connectivity index (χ1v) is 9.92. The summed E-state index contributed by atoms with van der Waals surface area (Å²) < 4.78 is 40.3. The average molecular weight is 377 g/mol. The number of hydrogen-bond donors (Lipinski definition) is 1. The topological polar surface area (TPSA) is 72.0 Å². The number of aryl methyl sites for hydroxylation is 1. The van der Waals surface area contributed by atoms with Crippen LogP contribution in [0.1, 0.15) is 11.3 Å². The van der Waals surface area contributed by atoms with Crippen LogP contribution in [0.3, 0.4) is 0 Å². The van der Waals surface area contributed by atoms with Gasteiger partial charge in [0.1, 0.15) is 10.8 Å². The Balaban J connectivity index is 1.64. The lowest BCUT2D eigenvalue weighted by Gasteiger charge is -2.08. The largest absolute Gasteiger partial charge is 0.264 e. The number of sulfonamides is 1. The molecule has 5 nitrogen and oxygen atoms in total. The highest BCUT2D eigenvalue weighted by Crippen LogP contribution is 2.22. The highest BCUT2D eigenvalue weighted by Gasteiger charge is 2.17. The van der Waals surface area contributed by atoms with Crippen LogP contribution in [0.5, 0.6) is 0 Å². The molecule has 1 aromatic carbocycles. The zero-order chi connectivity index (χ0) is 17.9. The van der Waals surface area contributed by atoms with Crippen LogP contribution in [0, 0.1) is 12.7 Å². The van der Waals surface area contributed by atoms with E-state index in [1.807, 2.05) is 17.5 Å². The summed E-state index contributed by atoms with van der Waals surface area (Å²) >= 11 is 1.49. The van der Waals surface area contributed by atoms with Gasteiger partial charge in [0, 0.05) is 36.3 Å². The Bertz CT molecular complexity index is 973. The number of thiazole rings is 1. The Morgan fingerprint density at radius 1 is 1.28 bits per heavy atom. The highest BCUT2D eigenvalue weighted by molar-refractivity contribution is 7.89. The maximum Gasteiger partial charge on any atom is 0.240 e. The van der Waals surface area contributed by atoms with Crippen molar-refractivity contribution in [2.24, 2.45) is 0 Å². The molecule has 0 aliphatic carbocycles. The third-order valence-electron chi connectivity index (χ3n) is 3.56. The molecular formula is C17H16FN3O2S2. The van der Waals surface area contributed by atoms with Gasteiger partial charge in [-0.05, 0) is 42.8 Å². The number of benzene rings is 1. The minimum absolute atomic E-state index is 0.0863. The van der Waals surface area contributed by atoms with Crippen molar-refractivity contribution >= 4 is 21.4 Å². The van der Waals surface area contributed by atoms with Gasteiger partial charge in [-0.15, -0.1) is 11.3 Å². The van der Waals surface area contributed by atoms with Gasteiger partial charge in [-0.1, -0.05) is 0 Å². The summed E-state index contributed by atoms with van der Waals surface area (Å²) in [5, 5.41) is 2.75. The summed E-state index contributed by atoms with van der Waals surface area (Å²) in [7, 11) is -3.67. The van der Waals surface area contributed by atoms with Gasteiger partial charge < -0.3 is 0 Å². The second-order valence-corrected chi connectivity index (χ2v) is 8.04. The Labute approximate surface area is 149 Å². The number of pyridine rings is 1. The molecule has 0 unspecified atom stereocenters. The molecule has 8 heteroatoms.